The van der Waals surface area contributed by atoms with Crippen LogP contribution in [0.3, 0.4) is 0 Å². The highest BCUT2D eigenvalue weighted by molar-refractivity contribution is 7.20. The number of amides is 2. The normalized spacial score (nSPS) is 11.9. The Balaban J connectivity index is 1.77. The fourth-order valence-electron chi connectivity index (χ4n) is 2.68. The predicted octanol–water partition coefficient (Wildman–Crippen LogP) is 3.90. The summed E-state index contributed by atoms with van der Waals surface area (Å²) in [7, 11) is 0. The number of thiophene rings is 1. The molecule has 6 heteroatoms. The van der Waals surface area contributed by atoms with E-state index in [1.165, 1.54) is 11.3 Å². The van der Waals surface area contributed by atoms with Crippen LogP contribution in [0.25, 0.3) is 10.1 Å². The van der Waals surface area contributed by atoms with Gasteiger partial charge in [-0.15, -0.1) is 11.3 Å². The van der Waals surface area contributed by atoms with Crippen molar-refractivity contribution in [2.24, 2.45) is 0 Å². The van der Waals surface area contributed by atoms with Crippen LogP contribution in [-0.2, 0) is 0 Å². The molecule has 3 N–H and O–H groups in total. The predicted molar refractivity (Wildman–Crippen MR) is 98.0 cm³/mol. The van der Waals surface area contributed by atoms with Gasteiger partial charge in [0.2, 0.25) is 0 Å². The SMILES string of the molecule is CC[C@H](NC(=O)c1cc2ccccc2s1)c1ccc(C(=O)NO)cc1. The van der Waals surface area contributed by atoms with Gasteiger partial charge in [-0.1, -0.05) is 37.3 Å². The zero-order valence-corrected chi connectivity index (χ0v) is 14.5. The highest BCUT2D eigenvalue weighted by atomic mass is 32.1. The molecule has 0 fully saturated rings. The molecule has 25 heavy (non-hydrogen) atoms. The van der Waals surface area contributed by atoms with Crippen LogP contribution in [-0.4, -0.2) is 17.0 Å². The lowest BCUT2D eigenvalue weighted by molar-refractivity contribution is 0.0706. The molecule has 5 nitrogen and oxygen atoms in total. The molecule has 0 radical (unpaired) electrons. The van der Waals surface area contributed by atoms with Crippen molar-refractivity contribution in [1.29, 1.82) is 0 Å². The van der Waals surface area contributed by atoms with Crippen LogP contribution in [0.2, 0.25) is 0 Å². The molecule has 0 aliphatic rings. The van der Waals surface area contributed by atoms with E-state index in [9.17, 15) is 9.59 Å². The lowest BCUT2D eigenvalue weighted by Crippen LogP contribution is -2.27. The molecule has 1 heterocycles. The van der Waals surface area contributed by atoms with E-state index in [0.717, 1.165) is 22.1 Å². The van der Waals surface area contributed by atoms with Crippen molar-refractivity contribution in [2.45, 2.75) is 19.4 Å². The Hall–Kier alpha value is -2.70. The first-order valence-corrected chi connectivity index (χ1v) is 8.78. The van der Waals surface area contributed by atoms with Gasteiger partial charge in [-0.2, -0.15) is 0 Å². The third-order valence-corrected chi connectivity index (χ3v) is 5.15. The van der Waals surface area contributed by atoms with Crippen LogP contribution in [0.15, 0.2) is 54.6 Å². The van der Waals surface area contributed by atoms with E-state index < -0.39 is 5.91 Å². The second kappa shape index (κ2) is 7.46. The van der Waals surface area contributed by atoms with Crippen molar-refractivity contribution in [2.75, 3.05) is 0 Å². The lowest BCUT2D eigenvalue weighted by atomic mass is 10.0. The summed E-state index contributed by atoms with van der Waals surface area (Å²) in [6.45, 7) is 1.99. The van der Waals surface area contributed by atoms with E-state index in [4.69, 9.17) is 5.21 Å². The molecule has 2 aromatic carbocycles. The molecule has 0 spiro atoms. The Morgan fingerprint density at radius 1 is 1.08 bits per heavy atom. The number of rotatable bonds is 5. The number of hydroxylamine groups is 1. The maximum Gasteiger partial charge on any atom is 0.274 e. The number of fused-ring (bicyclic) bond motifs is 1. The van der Waals surface area contributed by atoms with E-state index >= 15 is 0 Å². The third-order valence-electron chi connectivity index (χ3n) is 4.04. The van der Waals surface area contributed by atoms with Crippen molar-refractivity contribution in [3.8, 4) is 0 Å². The lowest BCUT2D eigenvalue weighted by Gasteiger charge is -2.17. The Morgan fingerprint density at radius 3 is 2.44 bits per heavy atom. The van der Waals surface area contributed by atoms with Gasteiger partial charge < -0.3 is 5.32 Å². The maximum atomic E-state index is 12.6. The maximum absolute atomic E-state index is 12.6. The van der Waals surface area contributed by atoms with E-state index in [1.807, 2.05) is 37.3 Å². The average Bonchev–Trinajstić information content (AvgIpc) is 3.10. The molecule has 3 aromatic rings. The number of carbonyl (C=O) groups excluding carboxylic acids is 2. The van der Waals surface area contributed by atoms with Crippen LogP contribution < -0.4 is 10.8 Å². The van der Waals surface area contributed by atoms with Crippen molar-refractivity contribution in [3.63, 3.8) is 0 Å². The highest BCUT2D eigenvalue weighted by Gasteiger charge is 2.16. The first-order chi connectivity index (χ1) is 12.1. The molecule has 0 unspecified atom stereocenters. The van der Waals surface area contributed by atoms with Gasteiger partial charge in [-0.05, 0) is 41.6 Å². The van der Waals surface area contributed by atoms with Gasteiger partial charge in [-0.3, -0.25) is 14.8 Å². The topological polar surface area (TPSA) is 78.4 Å². The minimum atomic E-state index is -0.561. The zero-order valence-electron chi connectivity index (χ0n) is 13.7. The zero-order chi connectivity index (χ0) is 17.8. The third kappa shape index (κ3) is 3.70. The van der Waals surface area contributed by atoms with Crippen molar-refractivity contribution < 1.29 is 14.8 Å². The van der Waals surface area contributed by atoms with Crippen LogP contribution in [0.5, 0.6) is 0 Å². The summed E-state index contributed by atoms with van der Waals surface area (Å²) < 4.78 is 1.08. The fraction of sp³-hybridized carbons (Fsp3) is 0.158. The van der Waals surface area contributed by atoms with Crippen molar-refractivity contribution >= 4 is 33.2 Å². The molecule has 0 saturated carbocycles. The van der Waals surface area contributed by atoms with Crippen LogP contribution in [0, 0.1) is 0 Å². The minimum absolute atomic E-state index is 0.106. The molecule has 128 valence electrons. The van der Waals surface area contributed by atoms with Gasteiger partial charge in [0.15, 0.2) is 0 Å². The number of benzene rings is 2. The van der Waals surface area contributed by atoms with Crippen molar-refractivity contribution in [1.82, 2.24) is 10.8 Å². The molecule has 0 aliphatic heterocycles. The number of hydrogen-bond donors (Lipinski definition) is 3. The summed E-state index contributed by atoms with van der Waals surface area (Å²) in [6.07, 6.45) is 0.724. The summed E-state index contributed by atoms with van der Waals surface area (Å²) in [5.41, 5.74) is 2.87. The van der Waals surface area contributed by atoms with Crippen LogP contribution in [0.4, 0.5) is 0 Å². The Labute approximate surface area is 149 Å². The van der Waals surface area contributed by atoms with Gasteiger partial charge in [0.1, 0.15) is 0 Å². The van der Waals surface area contributed by atoms with E-state index in [0.29, 0.717) is 10.4 Å². The molecule has 3 rings (SSSR count). The summed E-state index contributed by atoms with van der Waals surface area (Å²) in [4.78, 5) is 24.6. The molecule has 1 atom stereocenters. The Bertz CT molecular complexity index is 869. The minimum Gasteiger partial charge on any atom is -0.345 e. The summed E-state index contributed by atoms with van der Waals surface area (Å²) in [5, 5.41) is 12.8. The standard InChI is InChI=1S/C19H18N2O3S/c1-2-15(12-7-9-13(10-8-12)18(22)21-24)20-19(23)17-11-14-5-3-4-6-16(14)25-17/h3-11,15,24H,2H2,1H3,(H,20,23)(H,21,22)/t15-/m0/s1. The van der Waals surface area contributed by atoms with E-state index in [-0.39, 0.29) is 11.9 Å². The van der Waals surface area contributed by atoms with Crippen LogP contribution in [0.1, 0.15) is 45.0 Å². The van der Waals surface area contributed by atoms with Crippen LogP contribution >= 0.6 is 11.3 Å². The molecule has 0 saturated heterocycles. The number of hydrogen-bond acceptors (Lipinski definition) is 4. The molecule has 0 aliphatic carbocycles. The summed E-state index contributed by atoms with van der Waals surface area (Å²) in [5.74, 6) is -0.667. The second-order valence-electron chi connectivity index (χ2n) is 5.65. The fourth-order valence-corrected chi connectivity index (χ4v) is 3.64. The van der Waals surface area contributed by atoms with Crippen molar-refractivity contribution in [3.05, 3.63) is 70.6 Å². The molecule has 2 amide bonds. The summed E-state index contributed by atoms with van der Waals surface area (Å²) in [6, 6.07) is 16.5. The molecule has 1 aromatic heterocycles. The van der Waals surface area contributed by atoms with E-state index in [1.54, 1.807) is 29.7 Å². The first-order valence-electron chi connectivity index (χ1n) is 7.96. The number of nitrogens with one attached hydrogen (secondary N) is 2. The Kier molecular flexibility index (Phi) is 5.11. The van der Waals surface area contributed by atoms with Gasteiger partial charge >= 0.3 is 0 Å². The summed E-state index contributed by atoms with van der Waals surface area (Å²) >= 11 is 1.47. The second-order valence-corrected chi connectivity index (χ2v) is 6.73. The van der Waals surface area contributed by atoms with Gasteiger partial charge in [-0.25, -0.2) is 5.48 Å². The average molecular weight is 354 g/mol. The quantitative estimate of drug-likeness (QED) is 0.480. The Morgan fingerprint density at radius 2 is 1.80 bits per heavy atom. The van der Waals surface area contributed by atoms with Gasteiger partial charge in [0.05, 0.1) is 10.9 Å². The van der Waals surface area contributed by atoms with Gasteiger partial charge in [0, 0.05) is 10.3 Å². The molecule has 0 bridgehead atoms. The highest BCUT2D eigenvalue weighted by Crippen LogP contribution is 2.26. The van der Waals surface area contributed by atoms with E-state index in [2.05, 4.69) is 5.32 Å². The smallest absolute Gasteiger partial charge is 0.274 e. The largest absolute Gasteiger partial charge is 0.345 e. The first kappa shape index (κ1) is 17.1. The van der Waals surface area contributed by atoms with Gasteiger partial charge in [0.25, 0.3) is 11.8 Å². The number of carbonyl (C=O) groups is 2. The molecular formula is C19H18N2O3S. The molecular weight excluding hydrogens is 336 g/mol. The monoisotopic (exact) mass is 354 g/mol.